The van der Waals surface area contributed by atoms with Crippen molar-refractivity contribution in [2.45, 2.75) is 44.5 Å². The van der Waals surface area contributed by atoms with Crippen LogP contribution in [0.25, 0.3) is 0 Å². The number of methoxy groups -OCH3 is 1. The maximum Gasteiger partial charge on any atom is 0.416 e. The second-order valence-corrected chi connectivity index (χ2v) is 5.43. The van der Waals surface area contributed by atoms with Crippen LogP contribution in [-0.2, 0) is 10.9 Å². The Labute approximate surface area is 122 Å². The first kappa shape index (κ1) is 16.2. The summed E-state index contributed by atoms with van der Waals surface area (Å²) in [4.78, 5) is 3.89. The lowest BCUT2D eigenvalue weighted by Gasteiger charge is -2.29. The van der Waals surface area contributed by atoms with Crippen molar-refractivity contribution in [1.82, 2.24) is 10.3 Å². The molecule has 2 unspecified atom stereocenters. The van der Waals surface area contributed by atoms with E-state index in [1.807, 2.05) is 6.92 Å². The molecule has 118 valence electrons. The van der Waals surface area contributed by atoms with Crippen molar-refractivity contribution in [3.63, 3.8) is 0 Å². The van der Waals surface area contributed by atoms with Gasteiger partial charge in [-0.05, 0) is 37.8 Å². The second-order valence-electron chi connectivity index (χ2n) is 5.43. The fraction of sp³-hybridized carbons (Fsp3) is 0.667. The molecule has 1 aliphatic rings. The summed E-state index contributed by atoms with van der Waals surface area (Å²) in [5.41, 5.74) is -0.453. The average Bonchev–Trinajstić information content (AvgIpc) is 3.27. The first-order chi connectivity index (χ1) is 9.99. The van der Waals surface area contributed by atoms with Gasteiger partial charge in [0.2, 0.25) is 0 Å². The number of ether oxygens (including phenoxy) is 1. The topological polar surface area (TPSA) is 34.2 Å². The van der Waals surface area contributed by atoms with Crippen LogP contribution in [0.5, 0.6) is 0 Å². The molecular formula is C15H21F3N2O. The van der Waals surface area contributed by atoms with E-state index >= 15 is 0 Å². The van der Waals surface area contributed by atoms with E-state index in [9.17, 15) is 13.2 Å². The van der Waals surface area contributed by atoms with E-state index in [-0.39, 0.29) is 11.7 Å². The molecule has 1 aliphatic carbocycles. The normalized spacial score (nSPS) is 18.5. The maximum atomic E-state index is 13.2. The highest BCUT2D eigenvalue weighted by Gasteiger charge is 2.41. The van der Waals surface area contributed by atoms with Crippen LogP contribution >= 0.6 is 0 Å². The summed E-state index contributed by atoms with van der Waals surface area (Å²) in [5, 5.41) is 3.21. The third-order valence-corrected chi connectivity index (χ3v) is 3.79. The molecular weight excluding hydrogens is 281 g/mol. The minimum absolute atomic E-state index is 0.178. The summed E-state index contributed by atoms with van der Waals surface area (Å²) in [6, 6.07) is 0.558. The molecule has 1 heterocycles. The van der Waals surface area contributed by atoms with E-state index < -0.39 is 17.8 Å². The Morgan fingerprint density at radius 3 is 2.67 bits per heavy atom. The van der Waals surface area contributed by atoms with Crippen molar-refractivity contribution in [1.29, 1.82) is 0 Å². The monoisotopic (exact) mass is 302 g/mol. The van der Waals surface area contributed by atoms with Crippen LogP contribution in [0.2, 0.25) is 0 Å². The number of aromatic nitrogens is 1. The van der Waals surface area contributed by atoms with Gasteiger partial charge >= 0.3 is 6.18 Å². The molecule has 1 aromatic rings. The Hall–Kier alpha value is -1.14. The first-order valence-electron chi connectivity index (χ1n) is 7.26. The number of rotatable bonds is 7. The molecule has 0 amide bonds. The molecule has 0 saturated heterocycles. The number of pyridine rings is 1. The Bertz CT molecular complexity index is 460. The number of alkyl halides is 3. The summed E-state index contributed by atoms with van der Waals surface area (Å²) in [5.74, 6) is 0.325. The number of hydrogen-bond acceptors (Lipinski definition) is 3. The van der Waals surface area contributed by atoms with Gasteiger partial charge < -0.3 is 10.1 Å². The lowest BCUT2D eigenvalue weighted by molar-refractivity contribution is -0.138. The molecule has 1 aromatic heterocycles. The van der Waals surface area contributed by atoms with Gasteiger partial charge in [0.15, 0.2) is 0 Å². The van der Waals surface area contributed by atoms with Gasteiger partial charge in [0.25, 0.3) is 0 Å². The predicted molar refractivity (Wildman–Crippen MR) is 73.8 cm³/mol. The number of halogens is 3. The van der Waals surface area contributed by atoms with E-state index in [0.29, 0.717) is 12.5 Å². The number of hydrogen-bond donors (Lipinski definition) is 1. The quantitative estimate of drug-likeness (QED) is 0.836. The van der Waals surface area contributed by atoms with Crippen LogP contribution < -0.4 is 5.32 Å². The smallest absolute Gasteiger partial charge is 0.379 e. The van der Waals surface area contributed by atoms with E-state index in [1.165, 1.54) is 12.4 Å². The molecule has 1 N–H and O–H groups in total. The van der Waals surface area contributed by atoms with Gasteiger partial charge in [-0.25, -0.2) is 0 Å². The zero-order valence-corrected chi connectivity index (χ0v) is 12.3. The van der Waals surface area contributed by atoms with Gasteiger partial charge in [-0.1, -0.05) is 6.92 Å². The summed E-state index contributed by atoms with van der Waals surface area (Å²) >= 11 is 0. The molecule has 0 aliphatic heterocycles. The molecule has 0 radical (unpaired) electrons. The van der Waals surface area contributed by atoms with Gasteiger partial charge in [-0.2, -0.15) is 13.2 Å². The molecule has 2 rings (SSSR count). The Morgan fingerprint density at radius 1 is 1.43 bits per heavy atom. The van der Waals surface area contributed by atoms with Crippen molar-refractivity contribution in [2.24, 2.45) is 5.92 Å². The van der Waals surface area contributed by atoms with Gasteiger partial charge in [0.05, 0.1) is 17.7 Å². The molecule has 0 aromatic carbocycles. The summed E-state index contributed by atoms with van der Waals surface area (Å²) in [6.45, 7) is 2.63. The van der Waals surface area contributed by atoms with Crippen LogP contribution in [0.1, 0.15) is 43.4 Å². The Balaban J connectivity index is 2.36. The lowest BCUT2D eigenvalue weighted by atomic mass is 9.95. The van der Waals surface area contributed by atoms with E-state index in [2.05, 4.69) is 10.3 Å². The average molecular weight is 302 g/mol. The second kappa shape index (κ2) is 6.75. The Kier molecular flexibility index (Phi) is 5.22. The van der Waals surface area contributed by atoms with Crippen molar-refractivity contribution in [3.05, 3.63) is 29.6 Å². The van der Waals surface area contributed by atoms with Crippen molar-refractivity contribution in [2.75, 3.05) is 13.7 Å². The number of nitrogens with zero attached hydrogens (tertiary/aromatic N) is 1. The van der Waals surface area contributed by atoms with Gasteiger partial charge in [-0.15, -0.1) is 0 Å². The minimum atomic E-state index is -4.38. The molecule has 2 atom stereocenters. The van der Waals surface area contributed by atoms with E-state index in [1.54, 1.807) is 7.11 Å². The van der Waals surface area contributed by atoms with E-state index in [4.69, 9.17) is 4.74 Å². The summed E-state index contributed by atoms with van der Waals surface area (Å²) in [6.07, 6.45) is 0.717. The number of nitrogens with one attached hydrogen (secondary N) is 1. The molecule has 0 spiro atoms. The third-order valence-electron chi connectivity index (χ3n) is 3.79. The standard InChI is InChI=1S/C15H21F3N2O/c1-3-7-20-13(14(21-2)10-4-5-10)11-9-19-8-6-12(11)15(16,17)18/h6,8-10,13-14,20H,3-5,7H2,1-2H3. The van der Waals surface area contributed by atoms with Crippen molar-refractivity contribution in [3.8, 4) is 0 Å². The van der Waals surface area contributed by atoms with Crippen LogP contribution in [0.15, 0.2) is 18.5 Å². The third kappa shape index (κ3) is 3.95. The van der Waals surface area contributed by atoms with E-state index in [0.717, 1.165) is 25.3 Å². The highest BCUT2D eigenvalue weighted by molar-refractivity contribution is 5.30. The van der Waals surface area contributed by atoms with Gasteiger partial charge in [-0.3, -0.25) is 4.98 Å². The molecule has 21 heavy (non-hydrogen) atoms. The lowest BCUT2D eigenvalue weighted by Crippen LogP contribution is -2.36. The van der Waals surface area contributed by atoms with Crippen LogP contribution in [0.4, 0.5) is 13.2 Å². The fourth-order valence-electron chi connectivity index (χ4n) is 2.64. The van der Waals surface area contributed by atoms with Crippen LogP contribution in [0.3, 0.4) is 0 Å². The zero-order chi connectivity index (χ0) is 15.5. The summed E-state index contributed by atoms with van der Waals surface area (Å²) < 4.78 is 45.2. The molecule has 0 bridgehead atoms. The fourth-order valence-corrected chi connectivity index (χ4v) is 2.64. The van der Waals surface area contributed by atoms with Crippen molar-refractivity contribution < 1.29 is 17.9 Å². The summed E-state index contributed by atoms with van der Waals surface area (Å²) in [7, 11) is 1.56. The highest BCUT2D eigenvalue weighted by atomic mass is 19.4. The van der Waals surface area contributed by atoms with Gasteiger partial charge in [0.1, 0.15) is 0 Å². The van der Waals surface area contributed by atoms with Crippen molar-refractivity contribution >= 4 is 0 Å². The first-order valence-corrected chi connectivity index (χ1v) is 7.26. The SMILES string of the molecule is CCCNC(c1cnccc1C(F)(F)F)C(OC)C1CC1. The molecule has 3 nitrogen and oxygen atoms in total. The van der Waals surface area contributed by atoms with Crippen LogP contribution in [0, 0.1) is 5.92 Å². The predicted octanol–water partition coefficient (Wildman–Crippen LogP) is 3.57. The highest BCUT2D eigenvalue weighted by Crippen LogP contribution is 2.42. The Morgan fingerprint density at radius 2 is 2.14 bits per heavy atom. The maximum absolute atomic E-state index is 13.2. The molecule has 1 fully saturated rings. The molecule has 1 saturated carbocycles. The molecule has 6 heteroatoms. The minimum Gasteiger partial charge on any atom is -0.379 e. The van der Waals surface area contributed by atoms with Crippen LogP contribution in [-0.4, -0.2) is 24.7 Å². The largest absolute Gasteiger partial charge is 0.416 e. The zero-order valence-electron chi connectivity index (χ0n) is 12.3. The van der Waals surface area contributed by atoms with Gasteiger partial charge in [0, 0.05) is 25.1 Å².